The van der Waals surface area contributed by atoms with E-state index in [0.29, 0.717) is 77.3 Å². The van der Waals surface area contributed by atoms with Gasteiger partial charge in [-0.25, -0.2) is 42.1 Å². The Bertz CT molecular complexity index is 8590. The van der Waals surface area contributed by atoms with Crippen LogP contribution in [0.5, 0.6) is 0 Å². The van der Waals surface area contributed by atoms with Crippen molar-refractivity contribution in [2.45, 2.75) is 58.3 Å². The number of para-hydroxylation sites is 9. The molecule has 0 bridgehead atoms. The SMILES string of the molecule is CC(=O)Nc1ccccc1S(=O)(=O)Nc1cccc2cccnc12.CC(C)C(=O)Nc1ccccc1S(=O)(=O)Nc1cccc2cccnc12.Cc1ccc(S(=O)(=O)Nc2c(Cl)cc(Cl)c3cccnc23)cc1.O=C(Nc1ccccc1S(=O)(=O)Nc1cccc2cccnc12)C(F)(F)F.O=S(=O)(Nc1cccc2cccnc12)c1c(Cl)cc(Cl)cc1Cl.O=S(=O)(Nc1ccccc1)Nc1cccc2cccnc12. The summed E-state index contributed by atoms with van der Waals surface area (Å²) in [6.45, 7) is 6.70. The topological polar surface area (TPSA) is 454 Å². The Morgan fingerprint density at radius 1 is 0.312 bits per heavy atom. The quantitative estimate of drug-likeness (QED) is 0.0284. The highest BCUT2D eigenvalue weighted by Crippen LogP contribution is 2.40. The number of carbonyl (C=O) groups is 3. The first-order chi connectivity index (χ1) is 68.4. The van der Waals surface area contributed by atoms with Crippen LogP contribution in [0, 0.1) is 12.8 Å². The third-order valence-electron chi connectivity index (χ3n) is 20.1. The van der Waals surface area contributed by atoms with E-state index in [9.17, 15) is 78.1 Å². The number of anilines is 10. The molecule has 10 N–H and O–H groups in total. The van der Waals surface area contributed by atoms with Gasteiger partial charge in [-0.3, -0.25) is 77.3 Å². The Balaban J connectivity index is 0.000000145. The minimum absolute atomic E-state index is 0.00179. The average Bonchev–Trinajstić information content (AvgIpc) is 0.799. The van der Waals surface area contributed by atoms with Crippen molar-refractivity contribution in [3.8, 4) is 0 Å². The van der Waals surface area contributed by atoms with Gasteiger partial charge in [-0.1, -0.05) is 235 Å². The lowest BCUT2D eigenvalue weighted by Gasteiger charge is -2.15. The first-order valence-corrected chi connectivity index (χ1v) is 53.1. The highest BCUT2D eigenvalue weighted by atomic mass is 35.5. The maximum Gasteiger partial charge on any atom is 0.471 e. The summed E-state index contributed by atoms with van der Waals surface area (Å²) in [6, 6.07) is 84.1. The third-order valence-corrected chi connectivity index (χ3v) is 29.9. The second kappa shape index (κ2) is 46.4. The average molecular weight is 2160 g/mol. The molecular formula is C99H80Cl5F3N16O15S6. The molecule has 0 saturated heterocycles. The molecule has 18 aromatic rings. The number of carbonyl (C=O) groups excluding carboxylic acids is 3. The molecule has 18 rings (SSSR count). The van der Waals surface area contributed by atoms with Crippen LogP contribution in [-0.4, -0.2) is 104 Å². The van der Waals surface area contributed by atoms with Gasteiger partial charge in [-0.2, -0.15) is 21.6 Å². The second-order valence-corrected chi connectivity index (χ2v) is 42.6. The molecule has 3 amide bonds. The van der Waals surface area contributed by atoms with E-state index in [4.69, 9.17) is 58.0 Å². The molecule has 6 heterocycles. The number of nitrogens with zero attached hydrogens (tertiary/aromatic N) is 6. The van der Waals surface area contributed by atoms with Crippen LogP contribution in [0.2, 0.25) is 25.1 Å². The zero-order valence-corrected chi connectivity index (χ0v) is 83.9. The normalized spacial score (nSPS) is 11.5. The number of benzene rings is 12. The van der Waals surface area contributed by atoms with Crippen LogP contribution in [0.3, 0.4) is 0 Å². The molecule has 6 aromatic heterocycles. The molecule has 0 aliphatic rings. The van der Waals surface area contributed by atoms with E-state index in [1.54, 1.807) is 220 Å². The lowest BCUT2D eigenvalue weighted by molar-refractivity contribution is -0.167. The highest BCUT2D eigenvalue weighted by Gasteiger charge is 2.40. The zero-order chi connectivity index (χ0) is 103. The summed E-state index contributed by atoms with van der Waals surface area (Å²) in [5.74, 6) is -3.12. The van der Waals surface area contributed by atoms with Crippen molar-refractivity contribution in [1.82, 2.24) is 29.9 Å². The molecule has 12 aromatic carbocycles. The van der Waals surface area contributed by atoms with Crippen molar-refractivity contribution in [2.24, 2.45) is 5.92 Å². The lowest BCUT2D eigenvalue weighted by Crippen LogP contribution is -2.30. The fourth-order valence-electron chi connectivity index (χ4n) is 13.6. The largest absolute Gasteiger partial charge is 0.471 e. The summed E-state index contributed by atoms with van der Waals surface area (Å²) in [7, 11) is -23.6. The fraction of sp³-hybridized carbons (Fsp3) is 0.0606. The predicted molar refractivity (Wildman–Crippen MR) is 562 cm³/mol. The Hall–Kier alpha value is -15.0. The first-order valence-electron chi connectivity index (χ1n) is 42.3. The van der Waals surface area contributed by atoms with E-state index in [1.165, 1.54) is 79.9 Å². The second-order valence-electron chi connectivity index (χ2n) is 30.9. The van der Waals surface area contributed by atoms with E-state index < -0.39 is 83.0 Å². The molecule has 144 heavy (non-hydrogen) atoms. The standard InChI is InChI=1S/C19H19N3O3S.C17H12F3N3O3S.C17H15N3O3S.C16H12Cl2N2O2S.C15H9Cl3N2O2S.C15H13N3O2S/c1-13(2)19(23)21-15-9-3-4-11-17(15)26(24,25)22-16-10-5-7-14-8-6-12-20-18(14)16;18-17(19,20)16(24)22-12-7-1-2-9-14(12)27(25,26)23-13-8-3-5-11-6-4-10-21-15(11)13;1-12(21)19-14-8-2-3-10-16(14)24(22,23)20-15-9-4-6-13-7-5-11-18-17(13)15;1-10-4-6-11(7-5-10)23(21,22)20-16-14(18)9-13(17)12-3-2-8-19-15(12)16;16-10-7-11(17)15(12(18)8-10)23(21,22)20-13-5-1-3-9-4-2-6-19-14(9)13;19-21(20,17-13-8-2-1-3-9-13)18-14-10-4-6-12-7-5-11-16-15(12)14/h3-13,22H,1-2H3,(H,21,23);1-10,23H,(H,22,24);2-11,20H,1H3,(H,19,21);2-9,20H,1H3;1-8,20H;1-11,17-18H. The van der Waals surface area contributed by atoms with Gasteiger partial charge in [0.05, 0.1) is 115 Å². The third kappa shape index (κ3) is 27.5. The van der Waals surface area contributed by atoms with Gasteiger partial charge in [0.2, 0.25) is 11.8 Å². The molecule has 0 fully saturated rings. The van der Waals surface area contributed by atoms with Gasteiger partial charge < -0.3 is 16.0 Å². The number of rotatable bonds is 23. The Labute approximate surface area is 849 Å². The molecule has 0 radical (unpaired) electrons. The molecule has 0 aliphatic carbocycles. The molecule has 738 valence electrons. The van der Waals surface area contributed by atoms with Crippen molar-refractivity contribution < 1.29 is 78.1 Å². The van der Waals surface area contributed by atoms with Crippen molar-refractivity contribution >= 4 is 258 Å². The number of fused-ring (bicyclic) bond motifs is 6. The number of aryl methyl sites for hydroxylation is 1. The van der Waals surface area contributed by atoms with Gasteiger partial charge in [0.1, 0.15) is 19.6 Å². The minimum atomic E-state index is -5.15. The number of nitrogens with one attached hydrogen (secondary N) is 10. The van der Waals surface area contributed by atoms with E-state index in [1.807, 2.05) is 67.6 Å². The molecule has 0 atom stereocenters. The molecule has 31 nitrogen and oxygen atoms in total. The van der Waals surface area contributed by atoms with Gasteiger partial charge in [-0.15, -0.1) is 0 Å². The van der Waals surface area contributed by atoms with Crippen LogP contribution in [0.15, 0.2) is 371 Å². The number of halogens is 8. The summed E-state index contributed by atoms with van der Waals surface area (Å²) < 4.78 is 206. The van der Waals surface area contributed by atoms with Crippen LogP contribution >= 0.6 is 58.0 Å². The minimum Gasteiger partial charge on any atom is -0.325 e. The van der Waals surface area contributed by atoms with Crippen LogP contribution in [0.1, 0.15) is 26.3 Å². The summed E-state index contributed by atoms with van der Waals surface area (Å²) in [4.78, 5) is 59.1. The van der Waals surface area contributed by atoms with Gasteiger partial charge in [-0.05, 0) is 159 Å². The van der Waals surface area contributed by atoms with E-state index >= 15 is 0 Å². The van der Waals surface area contributed by atoms with Crippen LogP contribution < -0.4 is 49.0 Å². The summed E-state index contributed by atoms with van der Waals surface area (Å²) >= 11 is 30.1. The Morgan fingerprint density at radius 3 is 1.01 bits per heavy atom. The maximum absolute atomic E-state index is 12.9. The van der Waals surface area contributed by atoms with E-state index in [-0.39, 0.29) is 80.2 Å². The van der Waals surface area contributed by atoms with E-state index in [0.717, 1.165) is 39.2 Å². The summed E-state index contributed by atoms with van der Waals surface area (Å²) in [6.07, 6.45) is 4.32. The number of hydrogen-bond donors (Lipinski definition) is 10. The number of alkyl halides is 3. The van der Waals surface area contributed by atoms with Crippen molar-refractivity contribution in [3.05, 3.63) is 377 Å². The van der Waals surface area contributed by atoms with Crippen molar-refractivity contribution in [1.29, 1.82) is 0 Å². The molecule has 0 spiro atoms. The number of hydrogen-bond acceptors (Lipinski definition) is 21. The highest BCUT2D eigenvalue weighted by molar-refractivity contribution is 7.94. The number of aromatic nitrogens is 6. The fourth-order valence-corrected chi connectivity index (χ4v) is 22.6. The number of pyridine rings is 6. The van der Waals surface area contributed by atoms with E-state index in [2.05, 4.69) is 73.6 Å². The Morgan fingerprint density at radius 2 is 0.639 bits per heavy atom. The zero-order valence-electron chi connectivity index (χ0n) is 75.3. The maximum atomic E-state index is 12.9. The lowest BCUT2D eigenvalue weighted by atomic mass is 10.2. The number of sulfonamides is 5. The van der Waals surface area contributed by atoms with Crippen molar-refractivity contribution in [3.63, 3.8) is 0 Å². The van der Waals surface area contributed by atoms with Gasteiger partial charge in [0, 0.05) is 87.4 Å². The van der Waals surface area contributed by atoms with Crippen molar-refractivity contribution in [2.75, 3.05) is 49.0 Å². The molecule has 0 saturated carbocycles. The van der Waals surface area contributed by atoms with Gasteiger partial charge >= 0.3 is 22.3 Å². The van der Waals surface area contributed by atoms with Gasteiger partial charge in [0.25, 0.3) is 50.1 Å². The Kier molecular flexibility index (Phi) is 34.3. The van der Waals surface area contributed by atoms with Crippen LogP contribution in [-0.2, 0) is 74.7 Å². The number of amides is 3. The monoisotopic (exact) mass is 2160 g/mol. The van der Waals surface area contributed by atoms with Crippen LogP contribution in [0.25, 0.3) is 65.4 Å². The molecule has 45 heteroatoms. The molecule has 0 aliphatic heterocycles. The smallest absolute Gasteiger partial charge is 0.325 e. The first kappa shape index (κ1) is 106. The molecule has 0 unspecified atom stereocenters. The van der Waals surface area contributed by atoms with Gasteiger partial charge in [0.15, 0.2) is 0 Å². The predicted octanol–water partition coefficient (Wildman–Crippen LogP) is 22.8. The van der Waals surface area contributed by atoms with Crippen LogP contribution in [0.4, 0.5) is 70.0 Å². The summed E-state index contributed by atoms with van der Waals surface area (Å²) in [5, 5.41) is 12.2. The molecular weight excluding hydrogens is 2080 g/mol. The summed E-state index contributed by atoms with van der Waals surface area (Å²) in [5.41, 5.74) is 6.40.